The second kappa shape index (κ2) is 2.48. The van der Waals surface area contributed by atoms with Crippen molar-refractivity contribution in [2.75, 3.05) is 0 Å². The molecule has 0 atom stereocenters. The highest BCUT2D eigenvalue weighted by molar-refractivity contribution is 5.72. The summed E-state index contributed by atoms with van der Waals surface area (Å²) in [5.74, 6) is 0. The Morgan fingerprint density at radius 2 is 1.36 bits per heavy atom. The van der Waals surface area contributed by atoms with Crippen LogP contribution >= 0.6 is 0 Å². The average Bonchev–Trinajstić information content (AvgIpc) is 2.59. The standard InChI is InChI=1S/C4H2N6O4/c11-9(12)7-3-1-5-8(10(13)14)4(3)2-6-7/h1-2H. The second-order valence-corrected chi connectivity index (χ2v) is 2.31. The summed E-state index contributed by atoms with van der Waals surface area (Å²) in [5, 5.41) is 25.8. The fourth-order valence-electron chi connectivity index (χ4n) is 1.04. The van der Waals surface area contributed by atoms with Crippen LogP contribution in [0.4, 0.5) is 0 Å². The van der Waals surface area contributed by atoms with Crippen LogP contribution in [0.5, 0.6) is 0 Å². The predicted molar refractivity (Wildman–Crippen MR) is 40.3 cm³/mol. The van der Waals surface area contributed by atoms with Crippen LogP contribution in [0.25, 0.3) is 11.0 Å². The third-order valence-corrected chi connectivity index (χ3v) is 1.58. The van der Waals surface area contributed by atoms with Crippen molar-refractivity contribution in [3.63, 3.8) is 0 Å². The number of hydrogen-bond acceptors (Lipinski definition) is 6. The Labute approximate surface area is 74.6 Å². The normalized spacial score (nSPS) is 10.6. The largest absolute Gasteiger partial charge is 0.339 e. The molecule has 0 N–H and O–H groups in total. The van der Waals surface area contributed by atoms with Crippen molar-refractivity contribution in [2.24, 2.45) is 0 Å². The summed E-state index contributed by atoms with van der Waals surface area (Å²) < 4.78 is 0. The smallest absolute Gasteiger partial charge is 0.214 e. The van der Waals surface area contributed by atoms with Crippen LogP contribution in [0.2, 0.25) is 0 Å². The molecule has 0 spiro atoms. The van der Waals surface area contributed by atoms with Crippen molar-refractivity contribution in [1.29, 1.82) is 0 Å². The van der Waals surface area contributed by atoms with Crippen molar-refractivity contribution in [1.82, 2.24) is 19.8 Å². The summed E-state index contributed by atoms with van der Waals surface area (Å²) in [6.45, 7) is 0. The maximum absolute atomic E-state index is 10.4. The first-order valence-corrected chi connectivity index (χ1v) is 3.32. The molecule has 0 aliphatic carbocycles. The minimum Gasteiger partial charge on any atom is -0.339 e. The highest BCUT2D eigenvalue weighted by Gasteiger charge is 2.22. The Kier molecular flexibility index (Phi) is 1.44. The first-order chi connectivity index (χ1) is 6.61. The third-order valence-electron chi connectivity index (χ3n) is 1.58. The molecule has 2 rings (SSSR count). The molecule has 0 amide bonds. The zero-order valence-corrected chi connectivity index (χ0v) is 6.47. The van der Waals surface area contributed by atoms with Gasteiger partial charge in [-0.2, -0.15) is 0 Å². The van der Waals surface area contributed by atoms with Crippen molar-refractivity contribution in [3.8, 4) is 0 Å². The quantitative estimate of drug-likeness (QED) is 0.465. The summed E-state index contributed by atoms with van der Waals surface area (Å²) in [6.07, 6.45) is 2.02. The molecule has 14 heavy (non-hydrogen) atoms. The third kappa shape index (κ3) is 0.903. The van der Waals surface area contributed by atoms with E-state index in [4.69, 9.17) is 0 Å². The summed E-state index contributed by atoms with van der Waals surface area (Å²) >= 11 is 0. The van der Waals surface area contributed by atoms with Gasteiger partial charge in [0.15, 0.2) is 12.4 Å². The van der Waals surface area contributed by atoms with E-state index in [0.717, 1.165) is 12.4 Å². The molecule has 0 saturated carbocycles. The molecule has 72 valence electrons. The van der Waals surface area contributed by atoms with E-state index < -0.39 is 10.1 Å². The molecule has 0 radical (unpaired) electrons. The molecular weight excluding hydrogens is 196 g/mol. The molecule has 2 heterocycles. The monoisotopic (exact) mass is 198 g/mol. The minimum atomic E-state index is -0.797. The van der Waals surface area contributed by atoms with Gasteiger partial charge in [-0.3, -0.25) is 0 Å². The molecule has 10 nitrogen and oxygen atoms in total. The highest BCUT2D eigenvalue weighted by atomic mass is 16.7. The molecule has 0 aliphatic rings. The first kappa shape index (κ1) is 8.10. The van der Waals surface area contributed by atoms with E-state index >= 15 is 0 Å². The molecule has 10 heteroatoms. The number of fused-ring (bicyclic) bond motifs is 1. The van der Waals surface area contributed by atoms with Crippen LogP contribution in [0.15, 0.2) is 12.4 Å². The van der Waals surface area contributed by atoms with Gasteiger partial charge in [0.1, 0.15) is 0 Å². The van der Waals surface area contributed by atoms with Crippen LogP contribution in [0.3, 0.4) is 0 Å². The molecule has 0 unspecified atom stereocenters. The second-order valence-electron chi connectivity index (χ2n) is 2.31. The van der Waals surface area contributed by atoms with Gasteiger partial charge < -0.3 is 20.2 Å². The minimum absolute atomic E-state index is 0.0216. The number of aromatic nitrogens is 4. The van der Waals surface area contributed by atoms with E-state index in [9.17, 15) is 20.2 Å². The highest BCUT2D eigenvalue weighted by Crippen LogP contribution is 2.11. The molecule has 0 aromatic carbocycles. The van der Waals surface area contributed by atoms with Gasteiger partial charge in [-0.15, -0.1) is 0 Å². The van der Waals surface area contributed by atoms with E-state index in [-0.39, 0.29) is 11.0 Å². The van der Waals surface area contributed by atoms with E-state index in [2.05, 4.69) is 10.2 Å². The van der Waals surface area contributed by atoms with Gasteiger partial charge in [0.2, 0.25) is 11.0 Å². The molecule has 2 aromatic heterocycles. The Balaban J connectivity index is 2.73. The van der Waals surface area contributed by atoms with Crippen molar-refractivity contribution >= 4 is 11.0 Å². The molecule has 0 saturated heterocycles. The van der Waals surface area contributed by atoms with Gasteiger partial charge in [0, 0.05) is 19.8 Å². The van der Waals surface area contributed by atoms with E-state index in [0.29, 0.717) is 9.58 Å². The zero-order chi connectivity index (χ0) is 10.3. The summed E-state index contributed by atoms with van der Waals surface area (Å²) in [7, 11) is 0. The maximum Gasteiger partial charge on any atom is 0.214 e. The van der Waals surface area contributed by atoms with Gasteiger partial charge in [0.25, 0.3) is 0 Å². The van der Waals surface area contributed by atoms with E-state index in [1.54, 1.807) is 0 Å². The van der Waals surface area contributed by atoms with Crippen molar-refractivity contribution in [2.45, 2.75) is 0 Å². The Bertz CT molecular complexity index is 477. The fraction of sp³-hybridized carbons (Fsp3) is 0. The summed E-state index contributed by atoms with van der Waals surface area (Å²) in [5.41, 5.74) is -0.0431. The number of nitro groups is 2. The average molecular weight is 198 g/mol. The molecule has 0 aliphatic heterocycles. The Hall–Kier alpha value is -2.52. The van der Waals surface area contributed by atoms with Gasteiger partial charge in [-0.05, 0) is 0 Å². The van der Waals surface area contributed by atoms with Gasteiger partial charge in [0.05, 0.1) is 10.1 Å². The number of nitrogens with zero attached hydrogens (tertiary/aromatic N) is 6. The number of hydrogen-bond donors (Lipinski definition) is 0. The number of rotatable bonds is 2. The lowest BCUT2D eigenvalue weighted by atomic mass is 10.5. The van der Waals surface area contributed by atoms with Crippen LogP contribution < -0.4 is 0 Å². The van der Waals surface area contributed by atoms with E-state index in [1.807, 2.05) is 0 Å². The zero-order valence-electron chi connectivity index (χ0n) is 6.47. The van der Waals surface area contributed by atoms with Crippen molar-refractivity contribution < 1.29 is 10.1 Å². The maximum atomic E-state index is 10.4. The topological polar surface area (TPSA) is 122 Å². The van der Waals surface area contributed by atoms with Crippen LogP contribution in [0.1, 0.15) is 0 Å². The summed E-state index contributed by atoms with van der Waals surface area (Å²) in [6, 6.07) is 0. The summed E-state index contributed by atoms with van der Waals surface area (Å²) in [4.78, 5) is 21.5. The van der Waals surface area contributed by atoms with Crippen LogP contribution in [-0.2, 0) is 0 Å². The molecular formula is C4H2N6O4. The van der Waals surface area contributed by atoms with E-state index in [1.165, 1.54) is 0 Å². The lowest BCUT2D eigenvalue weighted by Crippen LogP contribution is -2.09. The van der Waals surface area contributed by atoms with Gasteiger partial charge in [-0.25, -0.2) is 0 Å². The van der Waals surface area contributed by atoms with Gasteiger partial charge in [-0.1, -0.05) is 0 Å². The lowest BCUT2D eigenvalue weighted by Gasteiger charge is -1.88. The molecule has 0 fully saturated rings. The molecule has 2 aromatic rings. The lowest BCUT2D eigenvalue weighted by molar-refractivity contribution is -0.549. The Morgan fingerprint density at radius 3 is 1.64 bits per heavy atom. The van der Waals surface area contributed by atoms with Gasteiger partial charge >= 0.3 is 0 Å². The van der Waals surface area contributed by atoms with Crippen LogP contribution in [0, 0.1) is 20.2 Å². The Morgan fingerprint density at radius 1 is 1.00 bits per heavy atom. The predicted octanol–water partition coefficient (Wildman–Crippen LogP) is -0.688. The van der Waals surface area contributed by atoms with Crippen molar-refractivity contribution in [3.05, 3.63) is 32.6 Å². The molecule has 0 bridgehead atoms. The first-order valence-electron chi connectivity index (χ1n) is 3.32. The van der Waals surface area contributed by atoms with Crippen LogP contribution in [-0.4, -0.2) is 29.8 Å². The SMILES string of the molecule is O=[N+]([O-])n1ncc2c1cnn2[N+](=O)[O-]. The fourth-order valence-corrected chi connectivity index (χ4v) is 1.04.